The van der Waals surface area contributed by atoms with Gasteiger partial charge in [-0.15, -0.1) is 0 Å². The zero-order chi connectivity index (χ0) is 8.81. The van der Waals surface area contributed by atoms with Crippen molar-refractivity contribution in [3.8, 4) is 0 Å². The molecule has 1 saturated heterocycles. The van der Waals surface area contributed by atoms with Gasteiger partial charge >= 0.3 is 0 Å². The van der Waals surface area contributed by atoms with Crippen LogP contribution in [0.1, 0.15) is 6.42 Å². The lowest BCUT2D eigenvalue weighted by Crippen LogP contribution is -2.23. The summed E-state index contributed by atoms with van der Waals surface area (Å²) in [6, 6.07) is 0. The van der Waals surface area contributed by atoms with Crippen LogP contribution in [0.25, 0.3) is 10.4 Å². The van der Waals surface area contributed by atoms with Crippen LogP contribution in [-0.2, 0) is 0 Å². The van der Waals surface area contributed by atoms with Crippen molar-refractivity contribution in [1.82, 2.24) is 4.90 Å². The van der Waals surface area contributed by atoms with Crippen LogP contribution in [0.5, 0.6) is 0 Å². The van der Waals surface area contributed by atoms with Crippen LogP contribution in [0.15, 0.2) is 5.11 Å². The van der Waals surface area contributed by atoms with E-state index in [-0.39, 0.29) is 12.6 Å². The van der Waals surface area contributed by atoms with Crippen molar-refractivity contribution in [2.75, 3.05) is 32.9 Å². The molecule has 0 spiro atoms. The van der Waals surface area contributed by atoms with Gasteiger partial charge in [-0.2, -0.15) is 0 Å². The maximum Gasteiger partial charge on any atom is 0.0935 e. The molecule has 0 radical (unpaired) electrons. The fraction of sp³-hybridized carbons (Fsp3) is 1.00. The number of nitrogens with zero attached hydrogens (tertiary/aromatic N) is 4. The molecule has 1 aliphatic rings. The zero-order valence-corrected chi connectivity index (χ0v) is 6.99. The van der Waals surface area contributed by atoms with Gasteiger partial charge in [0.25, 0.3) is 0 Å². The van der Waals surface area contributed by atoms with Gasteiger partial charge in [0.05, 0.1) is 6.67 Å². The molecule has 68 valence electrons. The first-order valence-corrected chi connectivity index (χ1v) is 4.16. The first-order chi connectivity index (χ1) is 5.86. The van der Waals surface area contributed by atoms with Gasteiger partial charge in [-0.1, -0.05) is 5.11 Å². The molecule has 0 aliphatic carbocycles. The lowest BCUT2D eigenvalue weighted by atomic mass is 10.1. The molecular formula is C7H13FN4. The predicted octanol–water partition coefficient (Wildman–Crippen LogP) is 1.59. The van der Waals surface area contributed by atoms with Gasteiger partial charge in [-0.05, 0) is 18.5 Å². The number of alkyl halides is 1. The van der Waals surface area contributed by atoms with Crippen molar-refractivity contribution in [2.24, 2.45) is 11.0 Å². The number of hydrogen-bond acceptors (Lipinski definition) is 2. The van der Waals surface area contributed by atoms with Crippen LogP contribution in [0, 0.1) is 5.92 Å². The van der Waals surface area contributed by atoms with Crippen molar-refractivity contribution < 1.29 is 4.39 Å². The third-order valence-corrected chi connectivity index (χ3v) is 2.17. The third-order valence-electron chi connectivity index (χ3n) is 2.17. The Labute approximate surface area is 71.0 Å². The Hall–Kier alpha value is -0.800. The summed E-state index contributed by atoms with van der Waals surface area (Å²) in [5, 5.41) is 3.43. The van der Waals surface area contributed by atoms with Gasteiger partial charge in [0, 0.05) is 30.5 Å². The van der Waals surface area contributed by atoms with E-state index in [2.05, 4.69) is 14.9 Å². The van der Waals surface area contributed by atoms with E-state index in [1.165, 1.54) is 0 Å². The fourth-order valence-electron chi connectivity index (χ4n) is 1.47. The minimum absolute atomic E-state index is 0.205. The molecule has 0 bridgehead atoms. The van der Waals surface area contributed by atoms with Gasteiger partial charge < -0.3 is 4.90 Å². The molecule has 0 N–H and O–H groups in total. The van der Waals surface area contributed by atoms with E-state index < -0.39 is 0 Å². The number of azide groups is 1. The second-order valence-electron chi connectivity index (χ2n) is 3.06. The summed E-state index contributed by atoms with van der Waals surface area (Å²) < 4.78 is 12.2. The van der Waals surface area contributed by atoms with Crippen LogP contribution in [-0.4, -0.2) is 37.8 Å². The summed E-state index contributed by atoms with van der Waals surface area (Å²) in [5.74, 6) is 0.205. The topological polar surface area (TPSA) is 52.0 Å². The summed E-state index contributed by atoms with van der Waals surface area (Å²) in [7, 11) is 0. The monoisotopic (exact) mass is 172 g/mol. The smallest absolute Gasteiger partial charge is 0.0935 e. The second-order valence-corrected chi connectivity index (χ2v) is 3.06. The third kappa shape index (κ3) is 2.68. The van der Waals surface area contributed by atoms with Crippen LogP contribution >= 0.6 is 0 Å². The first-order valence-electron chi connectivity index (χ1n) is 4.16. The van der Waals surface area contributed by atoms with E-state index in [4.69, 9.17) is 5.53 Å². The van der Waals surface area contributed by atoms with Crippen LogP contribution in [0.4, 0.5) is 4.39 Å². The number of hydrogen-bond donors (Lipinski definition) is 0. The average molecular weight is 172 g/mol. The van der Waals surface area contributed by atoms with E-state index >= 15 is 0 Å². The molecule has 1 unspecified atom stereocenters. The minimum atomic E-state index is -0.224. The Morgan fingerprint density at radius 3 is 3.08 bits per heavy atom. The minimum Gasteiger partial charge on any atom is -0.303 e. The van der Waals surface area contributed by atoms with Gasteiger partial charge in [0.1, 0.15) is 0 Å². The summed E-state index contributed by atoms with van der Waals surface area (Å²) in [6.07, 6.45) is 0.937. The Morgan fingerprint density at radius 2 is 2.50 bits per heavy atom. The second kappa shape index (κ2) is 4.95. The van der Waals surface area contributed by atoms with Crippen LogP contribution < -0.4 is 0 Å². The van der Waals surface area contributed by atoms with E-state index in [0.717, 1.165) is 26.1 Å². The summed E-state index contributed by atoms with van der Waals surface area (Å²) >= 11 is 0. The molecule has 1 atom stereocenters. The number of halogens is 1. The standard InChI is InChI=1S/C7H13FN4/c8-5-7-1-3-12(6-7)4-2-10-11-9/h7H,1-6H2. The molecule has 0 aromatic carbocycles. The van der Waals surface area contributed by atoms with E-state index in [1.54, 1.807) is 0 Å². The Kier molecular flexibility index (Phi) is 3.84. The average Bonchev–Trinajstić information content (AvgIpc) is 2.53. The molecule has 1 rings (SSSR count). The van der Waals surface area contributed by atoms with Crippen molar-refractivity contribution in [1.29, 1.82) is 0 Å². The Balaban J connectivity index is 2.14. The highest BCUT2D eigenvalue weighted by Crippen LogP contribution is 2.15. The molecule has 0 amide bonds. The normalized spacial score (nSPS) is 23.9. The maximum atomic E-state index is 12.2. The predicted molar refractivity (Wildman–Crippen MR) is 44.5 cm³/mol. The number of rotatable bonds is 4. The van der Waals surface area contributed by atoms with Crippen LogP contribution in [0.2, 0.25) is 0 Å². The highest BCUT2D eigenvalue weighted by molar-refractivity contribution is 4.75. The SMILES string of the molecule is [N-]=[N+]=NCCN1CCC(CF)C1. The quantitative estimate of drug-likeness (QED) is 0.361. The molecule has 1 heterocycles. The first kappa shape index (κ1) is 9.29. The maximum absolute atomic E-state index is 12.2. The van der Waals surface area contributed by atoms with E-state index in [1.807, 2.05) is 0 Å². The van der Waals surface area contributed by atoms with Crippen molar-refractivity contribution >= 4 is 0 Å². The van der Waals surface area contributed by atoms with Gasteiger partial charge in [0.15, 0.2) is 0 Å². The molecule has 0 saturated carbocycles. The summed E-state index contributed by atoms with van der Waals surface area (Å²) in [5.41, 5.74) is 8.02. The molecular weight excluding hydrogens is 159 g/mol. The summed E-state index contributed by atoms with van der Waals surface area (Å²) in [4.78, 5) is 4.80. The van der Waals surface area contributed by atoms with Crippen LogP contribution in [0.3, 0.4) is 0 Å². The molecule has 4 nitrogen and oxygen atoms in total. The number of likely N-dealkylation sites (tertiary alicyclic amines) is 1. The Morgan fingerprint density at radius 1 is 1.67 bits per heavy atom. The molecule has 1 aliphatic heterocycles. The highest BCUT2D eigenvalue weighted by Gasteiger charge is 2.21. The van der Waals surface area contributed by atoms with E-state index in [9.17, 15) is 4.39 Å². The molecule has 0 aromatic rings. The molecule has 12 heavy (non-hydrogen) atoms. The molecule has 1 fully saturated rings. The zero-order valence-electron chi connectivity index (χ0n) is 6.99. The lowest BCUT2D eigenvalue weighted by molar-refractivity contribution is 0.309. The Bertz CT molecular complexity index is 178. The lowest BCUT2D eigenvalue weighted by Gasteiger charge is -2.12. The van der Waals surface area contributed by atoms with E-state index in [0.29, 0.717) is 6.54 Å². The van der Waals surface area contributed by atoms with Crippen molar-refractivity contribution in [3.05, 3.63) is 10.4 Å². The fourth-order valence-corrected chi connectivity index (χ4v) is 1.47. The molecule has 0 aromatic heterocycles. The largest absolute Gasteiger partial charge is 0.303 e. The highest BCUT2D eigenvalue weighted by atomic mass is 19.1. The summed E-state index contributed by atoms with van der Waals surface area (Å²) in [6.45, 7) is 2.79. The van der Waals surface area contributed by atoms with Gasteiger partial charge in [-0.25, -0.2) is 0 Å². The van der Waals surface area contributed by atoms with Crippen molar-refractivity contribution in [3.63, 3.8) is 0 Å². The van der Waals surface area contributed by atoms with Crippen molar-refractivity contribution in [2.45, 2.75) is 6.42 Å². The van der Waals surface area contributed by atoms with Gasteiger partial charge in [0.2, 0.25) is 0 Å². The van der Waals surface area contributed by atoms with Gasteiger partial charge in [-0.3, -0.25) is 4.39 Å². The molecule has 5 heteroatoms.